The van der Waals surface area contributed by atoms with Gasteiger partial charge in [0.05, 0.1) is 5.69 Å². The monoisotopic (exact) mass is 273 g/mol. The maximum absolute atomic E-state index is 4.26. The van der Waals surface area contributed by atoms with E-state index in [0.29, 0.717) is 6.04 Å². The summed E-state index contributed by atoms with van der Waals surface area (Å²) < 4.78 is 1.98. The largest absolute Gasteiger partial charge is 0.308 e. The molecule has 0 saturated heterocycles. The molecule has 1 unspecified atom stereocenters. The minimum atomic E-state index is 0.653. The Bertz CT molecular complexity index is 450. The predicted molar refractivity (Wildman–Crippen MR) is 80.0 cm³/mol. The lowest BCUT2D eigenvalue weighted by atomic mass is 9.50. The van der Waals surface area contributed by atoms with Crippen LogP contribution >= 0.6 is 0 Å². The first-order valence-corrected chi connectivity index (χ1v) is 8.41. The van der Waals surface area contributed by atoms with Crippen molar-refractivity contribution in [3.05, 3.63) is 18.0 Å². The molecule has 0 aliphatic heterocycles. The fraction of sp³-hybridized carbons (Fsp3) is 0.824. The summed E-state index contributed by atoms with van der Waals surface area (Å²) in [6.07, 6.45) is 9.54. The highest BCUT2D eigenvalue weighted by Gasteiger charge is 2.49. The van der Waals surface area contributed by atoms with Gasteiger partial charge in [-0.15, -0.1) is 0 Å². The lowest BCUT2D eigenvalue weighted by molar-refractivity contribution is -0.0495. The van der Waals surface area contributed by atoms with Gasteiger partial charge in [-0.3, -0.25) is 4.68 Å². The summed E-state index contributed by atoms with van der Waals surface area (Å²) in [5.74, 6) is 5.12. The molecule has 0 aromatic carbocycles. The second-order valence-corrected chi connectivity index (χ2v) is 7.62. The molecule has 110 valence electrons. The molecule has 4 saturated carbocycles. The van der Waals surface area contributed by atoms with Crippen LogP contribution in [0.5, 0.6) is 0 Å². The maximum atomic E-state index is 4.26. The lowest BCUT2D eigenvalue weighted by Crippen LogP contribution is -2.52. The fourth-order valence-electron chi connectivity index (χ4n) is 5.76. The second-order valence-electron chi connectivity index (χ2n) is 7.62. The number of hydrogen-bond donors (Lipinski definition) is 1. The third-order valence-corrected chi connectivity index (χ3v) is 6.40. The lowest BCUT2D eigenvalue weighted by Gasteiger charge is -2.56. The molecule has 4 fully saturated rings. The van der Waals surface area contributed by atoms with E-state index in [4.69, 9.17) is 0 Å². The third kappa shape index (κ3) is 2.11. The highest BCUT2D eigenvalue weighted by molar-refractivity contribution is 5.03. The first-order chi connectivity index (χ1) is 9.70. The van der Waals surface area contributed by atoms with Gasteiger partial charge >= 0.3 is 0 Å². The Hall–Kier alpha value is -0.830. The highest BCUT2D eigenvalue weighted by Crippen LogP contribution is 2.57. The zero-order valence-electron chi connectivity index (χ0n) is 12.8. The van der Waals surface area contributed by atoms with Gasteiger partial charge in [0.15, 0.2) is 0 Å². The summed E-state index contributed by atoms with van der Waals surface area (Å²) in [7, 11) is 2.03. The summed E-state index contributed by atoms with van der Waals surface area (Å²) in [5, 5.41) is 8.05. The molecule has 0 spiro atoms. The van der Waals surface area contributed by atoms with Gasteiger partial charge in [-0.1, -0.05) is 0 Å². The topological polar surface area (TPSA) is 29.9 Å². The molecule has 1 heterocycles. The normalized spacial score (nSPS) is 40.2. The van der Waals surface area contributed by atoms with Gasteiger partial charge in [-0.2, -0.15) is 5.10 Å². The van der Waals surface area contributed by atoms with Crippen LogP contribution in [0.1, 0.15) is 44.7 Å². The van der Waals surface area contributed by atoms with Gasteiger partial charge in [0.1, 0.15) is 0 Å². The molecular weight excluding hydrogens is 246 g/mol. The molecule has 1 atom stereocenters. The van der Waals surface area contributed by atoms with Crippen LogP contribution in [0, 0.1) is 29.6 Å². The van der Waals surface area contributed by atoms with Gasteiger partial charge in [0.2, 0.25) is 0 Å². The van der Waals surface area contributed by atoms with E-state index in [1.54, 1.807) is 6.42 Å². The molecule has 4 bridgehead atoms. The molecule has 1 N–H and O–H groups in total. The average Bonchev–Trinajstić information content (AvgIpc) is 2.80. The molecule has 1 aromatic rings. The van der Waals surface area contributed by atoms with Gasteiger partial charge < -0.3 is 5.32 Å². The van der Waals surface area contributed by atoms with Crippen LogP contribution in [-0.4, -0.2) is 15.8 Å². The van der Waals surface area contributed by atoms with Crippen molar-refractivity contribution >= 4 is 0 Å². The number of hydrogen-bond acceptors (Lipinski definition) is 2. The van der Waals surface area contributed by atoms with Gasteiger partial charge in [0, 0.05) is 25.8 Å². The third-order valence-electron chi connectivity index (χ3n) is 6.40. The fourth-order valence-corrected chi connectivity index (χ4v) is 5.76. The Labute approximate surface area is 122 Å². The van der Waals surface area contributed by atoms with Crippen molar-refractivity contribution in [3.8, 4) is 0 Å². The van der Waals surface area contributed by atoms with Crippen LogP contribution in [0.15, 0.2) is 12.3 Å². The second kappa shape index (κ2) is 4.87. The first kappa shape index (κ1) is 12.9. The average molecular weight is 273 g/mol. The van der Waals surface area contributed by atoms with Crippen LogP contribution in [-0.2, 0) is 13.6 Å². The standard InChI is InChI=1S/C17H27N3/c1-11(18-10-16-3-4-19-20(16)2)17-14-6-12-5-13(8-14)9-15(17)7-12/h3-4,11-15,17-18H,5-10H2,1-2H3. The van der Waals surface area contributed by atoms with Crippen LogP contribution in [0.2, 0.25) is 0 Å². The molecule has 4 aliphatic rings. The number of aromatic nitrogens is 2. The summed E-state index contributed by atoms with van der Waals surface area (Å²) in [5.41, 5.74) is 1.29. The molecule has 0 radical (unpaired) electrons. The van der Waals surface area contributed by atoms with E-state index in [0.717, 1.165) is 36.1 Å². The van der Waals surface area contributed by atoms with Crippen molar-refractivity contribution in [2.75, 3.05) is 0 Å². The number of rotatable bonds is 4. The number of aryl methyl sites for hydroxylation is 1. The minimum absolute atomic E-state index is 0.653. The Morgan fingerprint density at radius 2 is 1.85 bits per heavy atom. The van der Waals surface area contributed by atoms with Gasteiger partial charge in [-0.05, 0) is 74.7 Å². The van der Waals surface area contributed by atoms with Gasteiger partial charge in [0.25, 0.3) is 0 Å². The molecule has 1 aromatic heterocycles. The van der Waals surface area contributed by atoms with Crippen LogP contribution in [0.25, 0.3) is 0 Å². The Morgan fingerprint density at radius 1 is 1.20 bits per heavy atom. The van der Waals surface area contributed by atoms with Crippen molar-refractivity contribution in [2.45, 2.75) is 51.6 Å². The van der Waals surface area contributed by atoms with Crippen LogP contribution < -0.4 is 5.32 Å². The van der Waals surface area contributed by atoms with E-state index in [1.807, 2.05) is 17.9 Å². The molecular formula is C17H27N3. The van der Waals surface area contributed by atoms with E-state index in [1.165, 1.54) is 31.4 Å². The molecule has 20 heavy (non-hydrogen) atoms. The van der Waals surface area contributed by atoms with Crippen molar-refractivity contribution in [2.24, 2.45) is 36.6 Å². The van der Waals surface area contributed by atoms with E-state index in [2.05, 4.69) is 23.4 Å². The summed E-state index contributed by atoms with van der Waals surface area (Å²) >= 11 is 0. The smallest absolute Gasteiger partial charge is 0.0518 e. The van der Waals surface area contributed by atoms with E-state index < -0.39 is 0 Å². The van der Waals surface area contributed by atoms with Crippen LogP contribution in [0.4, 0.5) is 0 Å². The highest BCUT2D eigenvalue weighted by atomic mass is 15.3. The van der Waals surface area contributed by atoms with E-state index >= 15 is 0 Å². The van der Waals surface area contributed by atoms with Crippen molar-refractivity contribution in [3.63, 3.8) is 0 Å². The van der Waals surface area contributed by atoms with Crippen molar-refractivity contribution in [1.29, 1.82) is 0 Å². The zero-order chi connectivity index (χ0) is 13.7. The Balaban J connectivity index is 1.41. The molecule has 0 amide bonds. The molecule has 3 nitrogen and oxygen atoms in total. The van der Waals surface area contributed by atoms with Crippen LogP contribution in [0.3, 0.4) is 0 Å². The maximum Gasteiger partial charge on any atom is 0.0518 e. The number of nitrogens with zero attached hydrogens (tertiary/aromatic N) is 2. The number of nitrogens with one attached hydrogen (secondary N) is 1. The summed E-state index contributed by atoms with van der Waals surface area (Å²) in [6.45, 7) is 3.38. The van der Waals surface area contributed by atoms with Gasteiger partial charge in [-0.25, -0.2) is 0 Å². The summed E-state index contributed by atoms with van der Waals surface area (Å²) in [4.78, 5) is 0. The Morgan fingerprint density at radius 3 is 2.40 bits per heavy atom. The zero-order valence-corrected chi connectivity index (χ0v) is 12.8. The molecule has 3 heteroatoms. The summed E-state index contributed by atoms with van der Waals surface area (Å²) in [6, 6.07) is 2.77. The first-order valence-electron chi connectivity index (χ1n) is 8.41. The van der Waals surface area contributed by atoms with E-state index in [9.17, 15) is 0 Å². The predicted octanol–water partition coefficient (Wildman–Crippen LogP) is 2.97. The SMILES string of the molecule is CC(NCc1ccnn1C)C1C2CC3CC(C2)CC1C3. The van der Waals surface area contributed by atoms with E-state index in [-0.39, 0.29) is 0 Å². The molecule has 5 rings (SSSR count). The van der Waals surface area contributed by atoms with Crippen molar-refractivity contribution in [1.82, 2.24) is 15.1 Å². The molecule has 4 aliphatic carbocycles. The quantitative estimate of drug-likeness (QED) is 0.914. The van der Waals surface area contributed by atoms with Crippen molar-refractivity contribution < 1.29 is 0 Å². The minimum Gasteiger partial charge on any atom is -0.308 e. The Kier molecular flexibility index (Phi) is 3.13.